The highest BCUT2D eigenvalue weighted by molar-refractivity contribution is 5.70. The molecule has 1 N–H and O–H groups in total. The van der Waals surface area contributed by atoms with Gasteiger partial charge in [-0.15, -0.1) is 0 Å². The average molecular weight is 305 g/mol. The van der Waals surface area contributed by atoms with Crippen molar-refractivity contribution in [3.05, 3.63) is 64.8 Å². The molecule has 0 amide bonds. The second-order valence-corrected chi connectivity index (χ2v) is 6.81. The lowest BCUT2D eigenvalue weighted by atomic mass is 9.78. The number of hydrogen-bond donors (Lipinski definition) is 1. The highest BCUT2D eigenvalue weighted by Gasteiger charge is 2.37. The minimum absolute atomic E-state index is 0.329. The third kappa shape index (κ3) is 2.16. The van der Waals surface area contributed by atoms with E-state index in [9.17, 15) is 5.11 Å². The van der Waals surface area contributed by atoms with E-state index in [0.29, 0.717) is 23.6 Å². The van der Waals surface area contributed by atoms with E-state index in [1.54, 1.807) is 12.1 Å². The van der Waals surface area contributed by atoms with Gasteiger partial charge in [0.25, 0.3) is 0 Å². The molecule has 118 valence electrons. The summed E-state index contributed by atoms with van der Waals surface area (Å²) in [5.41, 5.74) is 2.67. The van der Waals surface area contributed by atoms with E-state index in [1.807, 2.05) is 0 Å². The molecular weight excluding hydrogens is 282 g/mol. The summed E-state index contributed by atoms with van der Waals surface area (Å²) in [5, 5.41) is 12.3. The van der Waals surface area contributed by atoms with Gasteiger partial charge in [-0.2, -0.15) is 0 Å². The van der Waals surface area contributed by atoms with Gasteiger partial charge in [-0.3, -0.25) is 0 Å². The van der Waals surface area contributed by atoms with Crippen molar-refractivity contribution in [2.75, 3.05) is 0 Å². The molecule has 4 rings (SSSR count). The topological polar surface area (TPSA) is 25.2 Å². The van der Waals surface area contributed by atoms with Gasteiger partial charge in [-0.1, -0.05) is 51.0 Å². The van der Waals surface area contributed by atoms with Crippen LogP contribution < -0.4 is 10.7 Å². The van der Waals surface area contributed by atoms with Crippen LogP contribution in [0.2, 0.25) is 0 Å². The van der Waals surface area contributed by atoms with Crippen molar-refractivity contribution < 1.29 is 5.11 Å². The second-order valence-electron chi connectivity index (χ2n) is 6.81. The van der Waals surface area contributed by atoms with E-state index in [2.05, 4.69) is 60.9 Å². The van der Waals surface area contributed by atoms with Crippen LogP contribution in [0.15, 0.2) is 48.6 Å². The van der Waals surface area contributed by atoms with E-state index >= 15 is 0 Å². The minimum Gasteiger partial charge on any atom is -0.508 e. The smallest absolute Gasteiger partial charge is 0.115 e. The molecule has 3 atom stereocenters. The van der Waals surface area contributed by atoms with Gasteiger partial charge < -0.3 is 9.67 Å². The van der Waals surface area contributed by atoms with Crippen LogP contribution in [0.3, 0.4) is 0 Å². The lowest BCUT2D eigenvalue weighted by Gasteiger charge is -2.29. The van der Waals surface area contributed by atoms with Crippen LogP contribution in [0.1, 0.15) is 38.3 Å². The van der Waals surface area contributed by atoms with E-state index in [-0.39, 0.29) is 0 Å². The molecule has 2 heteroatoms. The zero-order valence-corrected chi connectivity index (χ0v) is 13.7. The molecular formula is C21H23NO. The van der Waals surface area contributed by atoms with E-state index in [1.165, 1.54) is 34.7 Å². The zero-order valence-electron chi connectivity index (χ0n) is 13.7. The molecule has 1 aromatic carbocycles. The molecule has 2 nitrogen and oxygen atoms in total. The summed E-state index contributed by atoms with van der Waals surface area (Å²) in [5.74, 6) is 1.46. The quantitative estimate of drug-likeness (QED) is 0.921. The van der Waals surface area contributed by atoms with Crippen LogP contribution in [0.25, 0.3) is 11.6 Å². The highest BCUT2D eigenvalue weighted by Crippen LogP contribution is 2.41. The number of aromatic nitrogens is 1. The second kappa shape index (κ2) is 5.45. The molecule has 23 heavy (non-hydrogen) atoms. The van der Waals surface area contributed by atoms with Crippen LogP contribution in [0.5, 0.6) is 5.75 Å². The predicted molar refractivity (Wildman–Crippen MR) is 94.5 cm³/mol. The number of phenolic OH excluding ortho intramolecular Hbond substituents is 1. The van der Waals surface area contributed by atoms with Gasteiger partial charge in [-0.05, 0) is 47.4 Å². The van der Waals surface area contributed by atoms with E-state index in [4.69, 9.17) is 0 Å². The van der Waals surface area contributed by atoms with Gasteiger partial charge >= 0.3 is 0 Å². The van der Waals surface area contributed by atoms with Gasteiger partial charge in [0.05, 0.1) is 6.04 Å². The molecule has 0 bridgehead atoms. The van der Waals surface area contributed by atoms with Crippen LogP contribution in [0.4, 0.5) is 0 Å². The summed E-state index contributed by atoms with van der Waals surface area (Å²) in [6, 6.07) is 12.6. The highest BCUT2D eigenvalue weighted by atomic mass is 16.3. The largest absolute Gasteiger partial charge is 0.508 e. The Morgan fingerprint density at radius 1 is 1.13 bits per heavy atom. The summed E-state index contributed by atoms with van der Waals surface area (Å²) in [4.78, 5) is 0. The Bertz CT molecular complexity index is 870. The van der Waals surface area contributed by atoms with Crippen molar-refractivity contribution in [3.8, 4) is 5.75 Å². The molecule has 0 aliphatic carbocycles. The lowest BCUT2D eigenvalue weighted by Crippen LogP contribution is -2.30. The fourth-order valence-electron chi connectivity index (χ4n) is 4.37. The maximum atomic E-state index is 9.64. The summed E-state index contributed by atoms with van der Waals surface area (Å²) in [6.45, 7) is 4.65. The van der Waals surface area contributed by atoms with Crippen LogP contribution >= 0.6 is 0 Å². The Labute approximate surface area is 137 Å². The van der Waals surface area contributed by atoms with Crippen LogP contribution in [-0.2, 0) is 0 Å². The Hall–Kier alpha value is -2.22. The number of allylic oxidation sites excluding steroid dienone is 2. The number of benzene rings is 1. The average Bonchev–Trinajstić information content (AvgIpc) is 3.12. The molecule has 0 radical (unpaired) electrons. The van der Waals surface area contributed by atoms with Gasteiger partial charge in [0, 0.05) is 16.6 Å². The van der Waals surface area contributed by atoms with Gasteiger partial charge in [0.1, 0.15) is 5.75 Å². The number of rotatable bonds is 4. The molecule has 0 spiro atoms. The third-order valence-corrected chi connectivity index (χ3v) is 5.34. The minimum atomic E-state index is 0.329. The maximum absolute atomic E-state index is 9.64. The first-order valence-electron chi connectivity index (χ1n) is 8.60. The third-order valence-electron chi connectivity index (χ3n) is 5.34. The van der Waals surface area contributed by atoms with Crippen molar-refractivity contribution in [2.24, 2.45) is 11.8 Å². The zero-order chi connectivity index (χ0) is 16.0. The molecule has 2 aliphatic heterocycles. The summed E-state index contributed by atoms with van der Waals surface area (Å²) in [7, 11) is 0. The van der Waals surface area contributed by atoms with Crippen molar-refractivity contribution in [1.29, 1.82) is 0 Å². The predicted octanol–water partition coefficient (Wildman–Crippen LogP) is 3.35. The summed E-state index contributed by atoms with van der Waals surface area (Å²) < 4.78 is 2.49. The monoisotopic (exact) mass is 305 g/mol. The molecule has 0 saturated heterocycles. The molecule has 0 saturated carbocycles. The number of aromatic hydroxyl groups is 1. The molecule has 2 aromatic rings. The molecule has 3 heterocycles. The molecule has 0 fully saturated rings. The number of nitrogens with zero attached hydrogens (tertiary/aromatic N) is 1. The van der Waals surface area contributed by atoms with Crippen molar-refractivity contribution >= 4 is 11.6 Å². The molecule has 2 aliphatic rings. The van der Waals surface area contributed by atoms with Crippen LogP contribution in [-0.4, -0.2) is 9.67 Å². The first-order chi connectivity index (χ1) is 11.2. The Morgan fingerprint density at radius 2 is 1.91 bits per heavy atom. The van der Waals surface area contributed by atoms with Gasteiger partial charge in [0.2, 0.25) is 0 Å². The SMILES string of the molecule is CCCC(C)C1C(c2ccc(O)cc2)=c2ccc3n2C1C=CC=3. The van der Waals surface area contributed by atoms with E-state index in [0.717, 1.165) is 0 Å². The summed E-state index contributed by atoms with van der Waals surface area (Å²) >= 11 is 0. The lowest BCUT2D eigenvalue weighted by molar-refractivity contribution is 0.342. The van der Waals surface area contributed by atoms with Crippen molar-refractivity contribution in [2.45, 2.75) is 32.7 Å². The normalized spacial score (nSPS) is 22.8. The van der Waals surface area contributed by atoms with Gasteiger partial charge in [-0.25, -0.2) is 0 Å². The Kier molecular flexibility index (Phi) is 3.41. The number of hydrogen-bond acceptors (Lipinski definition) is 1. The van der Waals surface area contributed by atoms with E-state index < -0.39 is 0 Å². The standard InChI is InChI=1S/C21H23NO/c1-3-5-14(2)20-18-7-4-6-16-10-13-19(22(16)18)21(20)15-8-11-17(23)12-9-15/h4,6-14,18,20,23H,3,5H2,1-2H3. The maximum Gasteiger partial charge on any atom is 0.115 e. The first kappa shape index (κ1) is 14.4. The van der Waals surface area contributed by atoms with Crippen LogP contribution in [0, 0.1) is 11.8 Å². The first-order valence-corrected chi connectivity index (χ1v) is 8.60. The Balaban J connectivity index is 1.94. The van der Waals surface area contributed by atoms with Gasteiger partial charge in [0.15, 0.2) is 0 Å². The Morgan fingerprint density at radius 3 is 2.65 bits per heavy atom. The molecule has 3 unspecified atom stereocenters. The van der Waals surface area contributed by atoms with Crippen molar-refractivity contribution in [1.82, 2.24) is 4.57 Å². The number of phenols is 1. The summed E-state index contributed by atoms with van der Waals surface area (Å²) in [6.07, 6.45) is 9.20. The molecule has 1 aromatic heterocycles. The fraction of sp³-hybridized carbons (Fsp3) is 0.333. The van der Waals surface area contributed by atoms with Crippen molar-refractivity contribution in [3.63, 3.8) is 0 Å². The fourth-order valence-corrected chi connectivity index (χ4v) is 4.37.